The first-order chi connectivity index (χ1) is 17.9. The highest BCUT2D eigenvalue weighted by atomic mass is 32.2. The minimum absolute atomic E-state index is 0.110. The number of carboxylic acids is 1. The van der Waals surface area contributed by atoms with Crippen LogP contribution in [0.5, 0.6) is 5.75 Å². The molecule has 0 aliphatic rings. The predicted molar refractivity (Wildman–Crippen MR) is 138 cm³/mol. The Bertz CT molecular complexity index is 1610. The summed E-state index contributed by atoms with van der Waals surface area (Å²) in [5, 5.41) is 12.1. The lowest BCUT2D eigenvalue weighted by atomic mass is 10.1. The number of nitrogens with one attached hydrogen (secondary N) is 1. The number of amides is 1. The number of benzene rings is 2. The zero-order valence-electron chi connectivity index (χ0n) is 20.4. The van der Waals surface area contributed by atoms with Crippen molar-refractivity contribution < 1.29 is 32.4 Å². The zero-order chi connectivity index (χ0) is 27.9. The summed E-state index contributed by atoms with van der Waals surface area (Å²) >= 11 is 0. The number of hydrogen-bond acceptors (Lipinski definition) is 8. The Morgan fingerprint density at radius 1 is 1.03 bits per heavy atom. The fraction of sp³-hybridized carbons (Fsp3) is 0.160. The van der Waals surface area contributed by atoms with E-state index in [0.717, 1.165) is 16.9 Å². The first kappa shape index (κ1) is 28.0. The first-order valence-corrected chi connectivity index (χ1v) is 12.8. The Hall–Kier alpha value is -4.62. The van der Waals surface area contributed by atoms with Gasteiger partial charge in [-0.1, -0.05) is 24.3 Å². The molecule has 0 unspecified atom stereocenters. The molecule has 0 atom stereocenters. The molecular weight excluding hydrogens is 516 g/mol. The third-order valence-electron chi connectivity index (χ3n) is 5.11. The molecule has 0 aliphatic carbocycles. The quantitative estimate of drug-likeness (QED) is 0.294. The van der Waals surface area contributed by atoms with E-state index in [9.17, 15) is 22.8 Å². The van der Waals surface area contributed by atoms with Gasteiger partial charge in [0.05, 0.1) is 48.9 Å². The van der Waals surface area contributed by atoms with Crippen molar-refractivity contribution in [2.45, 2.75) is 13.1 Å². The molecule has 0 aliphatic heterocycles. The third-order valence-corrected chi connectivity index (χ3v) is 5.11. The molecule has 0 fully saturated rings. The van der Waals surface area contributed by atoms with E-state index in [0.29, 0.717) is 18.3 Å². The number of methoxy groups -OCH3 is 1. The number of nitrogens with zero attached hydrogens (tertiary/aromatic N) is 3. The summed E-state index contributed by atoms with van der Waals surface area (Å²) in [6, 6.07) is 15.0. The van der Waals surface area contributed by atoms with Crippen LogP contribution in [-0.2, 0) is 23.2 Å². The molecule has 4 aromatic rings. The second-order valence-electron chi connectivity index (χ2n) is 8.03. The van der Waals surface area contributed by atoms with Crippen molar-refractivity contribution in [3.63, 3.8) is 0 Å². The average Bonchev–Trinajstić information content (AvgIpc) is 2.88. The maximum Gasteiger partial charge on any atom is 0.335 e. The van der Waals surface area contributed by atoms with Crippen LogP contribution in [0.4, 0.5) is 0 Å². The maximum atomic E-state index is 13.0. The van der Waals surface area contributed by atoms with E-state index in [1.807, 2.05) is 12.1 Å². The number of hydrogen-bond donors (Lipinski definition) is 3. The average molecular weight is 541 g/mol. The van der Waals surface area contributed by atoms with E-state index >= 15 is 0 Å². The minimum atomic E-state index is -3.67. The topological polar surface area (TPSA) is 178 Å². The van der Waals surface area contributed by atoms with Crippen LogP contribution >= 0.6 is 0 Å². The summed E-state index contributed by atoms with van der Waals surface area (Å²) in [6.45, 7) is 0.509. The molecule has 0 saturated carbocycles. The fourth-order valence-corrected chi connectivity index (χ4v) is 3.26. The van der Waals surface area contributed by atoms with E-state index in [-0.39, 0.29) is 28.7 Å². The molecule has 12 nitrogen and oxygen atoms in total. The van der Waals surface area contributed by atoms with Crippen molar-refractivity contribution in [3.8, 4) is 5.75 Å². The molecule has 4 rings (SSSR count). The number of pyridine rings is 1. The van der Waals surface area contributed by atoms with Crippen molar-refractivity contribution in [2.75, 3.05) is 13.4 Å². The number of ether oxygens (including phenoxy) is 1. The Kier molecular flexibility index (Phi) is 8.89. The number of carbonyl (C=O) groups excluding carboxylic acids is 1. The van der Waals surface area contributed by atoms with Crippen molar-refractivity contribution in [1.29, 1.82) is 0 Å². The molecule has 13 heteroatoms. The number of carbonyl (C=O) groups is 2. The second kappa shape index (κ2) is 12.1. The van der Waals surface area contributed by atoms with Crippen molar-refractivity contribution in [2.24, 2.45) is 0 Å². The van der Waals surface area contributed by atoms with Gasteiger partial charge in [0.2, 0.25) is 0 Å². The molecule has 3 N–H and O–H groups in total. The fourth-order valence-electron chi connectivity index (χ4n) is 3.26. The van der Waals surface area contributed by atoms with Gasteiger partial charge >= 0.3 is 5.97 Å². The lowest BCUT2D eigenvalue weighted by Gasteiger charge is -2.09. The van der Waals surface area contributed by atoms with E-state index in [2.05, 4.69) is 15.3 Å². The van der Waals surface area contributed by atoms with Crippen LogP contribution in [0.15, 0.2) is 71.9 Å². The van der Waals surface area contributed by atoms with Crippen LogP contribution in [0.3, 0.4) is 0 Å². The molecule has 0 bridgehead atoms. The summed E-state index contributed by atoms with van der Waals surface area (Å²) in [5.41, 5.74) is 1.97. The van der Waals surface area contributed by atoms with E-state index < -0.39 is 22.0 Å². The van der Waals surface area contributed by atoms with Gasteiger partial charge in [0, 0.05) is 6.54 Å². The van der Waals surface area contributed by atoms with E-state index in [1.54, 1.807) is 31.4 Å². The summed E-state index contributed by atoms with van der Waals surface area (Å²) in [5.74, 6) is -0.703. The number of aromatic nitrogens is 3. The second-order valence-corrected chi connectivity index (χ2v) is 9.50. The monoisotopic (exact) mass is 540 g/mol. The number of rotatable bonds is 7. The van der Waals surface area contributed by atoms with Gasteiger partial charge in [-0.15, -0.1) is 0 Å². The Morgan fingerprint density at radius 2 is 1.63 bits per heavy atom. The summed E-state index contributed by atoms with van der Waals surface area (Å²) in [4.78, 5) is 45.0. The normalized spacial score (nSPS) is 10.8. The van der Waals surface area contributed by atoms with Gasteiger partial charge in [0.25, 0.3) is 21.6 Å². The van der Waals surface area contributed by atoms with Gasteiger partial charge in [-0.05, 0) is 41.5 Å². The third kappa shape index (κ3) is 7.94. The number of aromatic carboxylic acids is 1. The van der Waals surface area contributed by atoms with Crippen LogP contribution in [0.25, 0.3) is 10.9 Å². The van der Waals surface area contributed by atoms with Gasteiger partial charge in [0.1, 0.15) is 11.4 Å². The Labute approximate surface area is 217 Å². The van der Waals surface area contributed by atoms with Gasteiger partial charge in [0.15, 0.2) is 0 Å². The molecule has 0 saturated heterocycles. The lowest BCUT2D eigenvalue weighted by molar-refractivity contribution is 0.0696. The van der Waals surface area contributed by atoms with Gasteiger partial charge < -0.3 is 15.2 Å². The first-order valence-electron chi connectivity index (χ1n) is 11.0. The summed E-state index contributed by atoms with van der Waals surface area (Å²) in [6.07, 6.45) is 3.51. The number of carboxylic acid groups (broad SMARTS) is 1. The highest BCUT2D eigenvalue weighted by Gasteiger charge is 2.12. The van der Waals surface area contributed by atoms with E-state index in [1.165, 1.54) is 35.3 Å². The molecule has 2 aromatic heterocycles. The maximum absolute atomic E-state index is 13.0. The molecular formula is C25H24N4O8S. The molecule has 0 spiro atoms. The molecule has 0 radical (unpaired) electrons. The van der Waals surface area contributed by atoms with Crippen molar-refractivity contribution >= 4 is 32.9 Å². The molecule has 38 heavy (non-hydrogen) atoms. The Morgan fingerprint density at radius 3 is 2.21 bits per heavy atom. The van der Waals surface area contributed by atoms with Crippen LogP contribution in [0.2, 0.25) is 0 Å². The Balaban J connectivity index is 0.000000732. The molecule has 2 aromatic carbocycles. The van der Waals surface area contributed by atoms with E-state index in [4.69, 9.17) is 14.4 Å². The van der Waals surface area contributed by atoms with Crippen LogP contribution in [-0.4, -0.2) is 57.9 Å². The summed E-state index contributed by atoms with van der Waals surface area (Å²) in [7, 11) is -2.08. The largest absolute Gasteiger partial charge is 0.497 e. The van der Waals surface area contributed by atoms with Gasteiger partial charge in [-0.25, -0.2) is 14.8 Å². The van der Waals surface area contributed by atoms with Crippen LogP contribution < -0.4 is 15.6 Å². The highest BCUT2D eigenvalue weighted by Crippen LogP contribution is 2.12. The predicted octanol–water partition coefficient (Wildman–Crippen LogP) is 1.98. The zero-order valence-corrected chi connectivity index (χ0v) is 21.2. The van der Waals surface area contributed by atoms with Crippen molar-refractivity contribution in [1.82, 2.24) is 19.9 Å². The standard InChI is InChI=1S/C24H20N4O5.CH4O3S/c1-33-18-8-4-15(5-9-18)11-26-22(29)20-10-19-21(12-25-20)27-14-28(23(19)30)13-16-2-6-17(7-3-16)24(31)32;1-5(2,3)4/h2-10,12,14H,11,13H2,1H3,(H,26,29)(H,31,32);1H3,(H,2,3,4). The highest BCUT2D eigenvalue weighted by molar-refractivity contribution is 7.85. The molecule has 2 heterocycles. The smallest absolute Gasteiger partial charge is 0.335 e. The van der Waals surface area contributed by atoms with Crippen LogP contribution in [0, 0.1) is 0 Å². The molecule has 198 valence electrons. The number of fused-ring (bicyclic) bond motifs is 1. The van der Waals surface area contributed by atoms with Crippen molar-refractivity contribution in [3.05, 3.63) is 99.9 Å². The van der Waals surface area contributed by atoms with Gasteiger partial charge in [-0.3, -0.25) is 18.7 Å². The van der Waals surface area contributed by atoms with Crippen LogP contribution in [0.1, 0.15) is 32.0 Å². The lowest BCUT2D eigenvalue weighted by Crippen LogP contribution is -2.25. The molecule has 1 amide bonds. The van der Waals surface area contributed by atoms with Gasteiger partial charge in [-0.2, -0.15) is 8.42 Å². The summed E-state index contributed by atoms with van der Waals surface area (Å²) < 4.78 is 32.4. The SMILES string of the molecule is COc1ccc(CNC(=O)c2cc3c(=O)n(Cc4ccc(C(=O)O)cc4)cnc3cn2)cc1.CS(=O)(=O)O. The minimum Gasteiger partial charge on any atom is -0.497 e.